The normalized spacial score (nSPS) is 49.6. The summed E-state index contributed by atoms with van der Waals surface area (Å²) < 4.78 is 0. The topological polar surface area (TPSA) is 37.3 Å². The van der Waals surface area contributed by atoms with Crippen molar-refractivity contribution in [3.63, 3.8) is 0 Å². The number of rotatable bonds is 1. The third kappa shape index (κ3) is 0.820. The monoisotopic (exact) mass is 216 g/mol. The largest absolute Gasteiger partial charge is 0.480 e. The fraction of sp³-hybridized carbons (Fsp3) is 0.909. The van der Waals surface area contributed by atoms with Crippen molar-refractivity contribution in [3.8, 4) is 0 Å². The van der Waals surface area contributed by atoms with E-state index in [0.717, 1.165) is 12.8 Å². The molecule has 2 rings (SSSR count). The Morgan fingerprint density at radius 3 is 2.21 bits per heavy atom. The molecule has 3 heteroatoms. The van der Waals surface area contributed by atoms with Crippen LogP contribution in [0.1, 0.15) is 40.0 Å². The quantitative estimate of drug-likeness (QED) is 0.685. The minimum Gasteiger partial charge on any atom is -0.480 e. The smallest absolute Gasteiger partial charge is 0.325 e. The molecule has 2 saturated carbocycles. The first-order chi connectivity index (χ1) is 6.26. The summed E-state index contributed by atoms with van der Waals surface area (Å²) in [6.07, 6.45) is 2.71. The van der Waals surface area contributed by atoms with Crippen LogP contribution in [0, 0.1) is 16.7 Å². The van der Waals surface area contributed by atoms with Crippen molar-refractivity contribution < 1.29 is 9.90 Å². The van der Waals surface area contributed by atoms with Gasteiger partial charge in [0.05, 0.1) is 0 Å². The first kappa shape index (κ1) is 10.3. The molecule has 0 spiro atoms. The molecule has 1 N–H and O–H groups in total. The first-order valence-electron chi connectivity index (χ1n) is 5.18. The number of alkyl halides is 1. The molecule has 0 heterocycles. The second-order valence-corrected chi connectivity index (χ2v) is 6.25. The Morgan fingerprint density at radius 1 is 1.43 bits per heavy atom. The molecule has 0 aromatic rings. The molecule has 80 valence electrons. The molecule has 14 heavy (non-hydrogen) atoms. The predicted octanol–water partition coefficient (Wildman–Crippen LogP) is 2.89. The van der Waals surface area contributed by atoms with E-state index in [9.17, 15) is 9.90 Å². The predicted molar refractivity (Wildman–Crippen MR) is 55.4 cm³/mol. The van der Waals surface area contributed by atoms with Crippen LogP contribution < -0.4 is 0 Å². The first-order valence-corrected chi connectivity index (χ1v) is 5.56. The Bertz CT molecular complexity index is 300. The maximum Gasteiger partial charge on any atom is 0.325 e. The average molecular weight is 217 g/mol. The van der Waals surface area contributed by atoms with Crippen LogP contribution >= 0.6 is 11.6 Å². The van der Waals surface area contributed by atoms with Crippen molar-refractivity contribution in [2.24, 2.45) is 16.7 Å². The summed E-state index contributed by atoms with van der Waals surface area (Å²) in [5.74, 6) is -0.363. The number of carboxylic acids is 1. The number of carboxylic acid groups (broad SMARTS) is 1. The van der Waals surface area contributed by atoms with Crippen molar-refractivity contribution >= 4 is 17.6 Å². The average Bonchev–Trinajstić information content (AvgIpc) is 2.36. The summed E-state index contributed by atoms with van der Waals surface area (Å²) in [4.78, 5) is 10.2. The maximum absolute atomic E-state index is 11.3. The van der Waals surface area contributed by atoms with Crippen LogP contribution in [0.4, 0.5) is 0 Å². The lowest BCUT2D eigenvalue weighted by atomic mass is 9.66. The molecule has 3 atom stereocenters. The molecule has 2 aliphatic carbocycles. The van der Waals surface area contributed by atoms with Crippen LogP contribution in [0.5, 0.6) is 0 Å². The summed E-state index contributed by atoms with van der Waals surface area (Å²) in [7, 11) is 0. The lowest BCUT2D eigenvalue weighted by Gasteiger charge is -2.42. The molecular formula is C11H17ClO2. The highest BCUT2D eigenvalue weighted by Crippen LogP contribution is 2.71. The summed E-state index contributed by atoms with van der Waals surface area (Å²) in [6.45, 7) is 6.37. The molecule has 0 radical (unpaired) electrons. The highest BCUT2D eigenvalue weighted by atomic mass is 35.5. The number of hydrogen-bond donors (Lipinski definition) is 1. The Hall–Kier alpha value is -0.240. The van der Waals surface area contributed by atoms with Gasteiger partial charge in [0, 0.05) is 5.41 Å². The van der Waals surface area contributed by atoms with Crippen LogP contribution in [-0.4, -0.2) is 16.0 Å². The van der Waals surface area contributed by atoms with Gasteiger partial charge in [-0.1, -0.05) is 20.8 Å². The van der Waals surface area contributed by atoms with E-state index < -0.39 is 10.8 Å². The number of halogens is 1. The van der Waals surface area contributed by atoms with E-state index in [2.05, 4.69) is 13.8 Å². The van der Waals surface area contributed by atoms with E-state index in [0.29, 0.717) is 12.3 Å². The van der Waals surface area contributed by atoms with Crippen LogP contribution in [0.25, 0.3) is 0 Å². The molecule has 0 aromatic heterocycles. The fourth-order valence-electron chi connectivity index (χ4n) is 3.55. The maximum atomic E-state index is 11.3. The van der Waals surface area contributed by atoms with Gasteiger partial charge in [0.15, 0.2) is 0 Å². The van der Waals surface area contributed by atoms with Gasteiger partial charge in [-0.25, -0.2) is 0 Å². The summed E-state index contributed by atoms with van der Waals surface area (Å²) in [5, 5.41) is 9.26. The van der Waals surface area contributed by atoms with Gasteiger partial charge in [-0.15, -0.1) is 11.6 Å². The van der Waals surface area contributed by atoms with E-state index in [1.165, 1.54) is 0 Å². The van der Waals surface area contributed by atoms with Gasteiger partial charge in [0.2, 0.25) is 0 Å². The van der Waals surface area contributed by atoms with E-state index in [1.807, 2.05) is 6.92 Å². The second-order valence-electron chi connectivity index (χ2n) is 5.60. The van der Waals surface area contributed by atoms with Gasteiger partial charge in [-0.2, -0.15) is 0 Å². The summed E-state index contributed by atoms with van der Waals surface area (Å²) in [5.41, 5.74) is -0.189. The number of fused-ring (bicyclic) bond motifs is 2. The molecule has 0 aromatic carbocycles. The van der Waals surface area contributed by atoms with Crippen molar-refractivity contribution in [2.45, 2.75) is 44.9 Å². The number of aliphatic carboxylic acids is 1. The van der Waals surface area contributed by atoms with E-state index in [1.54, 1.807) is 0 Å². The van der Waals surface area contributed by atoms with E-state index >= 15 is 0 Å². The zero-order chi connectivity index (χ0) is 10.8. The third-order valence-electron chi connectivity index (χ3n) is 5.18. The van der Waals surface area contributed by atoms with Gasteiger partial charge in [-0.3, -0.25) is 4.79 Å². The van der Waals surface area contributed by atoms with Gasteiger partial charge in [0.25, 0.3) is 0 Å². The minimum absolute atomic E-state index is 0.0626. The molecule has 2 aliphatic rings. The van der Waals surface area contributed by atoms with Crippen molar-refractivity contribution in [1.82, 2.24) is 0 Å². The van der Waals surface area contributed by atoms with Gasteiger partial charge in [-0.05, 0) is 30.6 Å². The van der Waals surface area contributed by atoms with Gasteiger partial charge < -0.3 is 5.11 Å². The van der Waals surface area contributed by atoms with Crippen molar-refractivity contribution in [1.29, 1.82) is 0 Å². The van der Waals surface area contributed by atoms with E-state index in [-0.39, 0.29) is 10.8 Å². The summed E-state index contributed by atoms with van der Waals surface area (Å²) >= 11 is 6.33. The fourth-order valence-corrected chi connectivity index (χ4v) is 4.07. The van der Waals surface area contributed by atoms with Crippen LogP contribution in [0.15, 0.2) is 0 Å². The van der Waals surface area contributed by atoms with Crippen LogP contribution in [-0.2, 0) is 4.79 Å². The Labute approximate surface area is 89.6 Å². The van der Waals surface area contributed by atoms with Gasteiger partial charge in [0.1, 0.15) is 4.87 Å². The summed E-state index contributed by atoms with van der Waals surface area (Å²) in [6, 6.07) is 0. The highest BCUT2D eigenvalue weighted by molar-refractivity contribution is 6.34. The Kier molecular flexibility index (Phi) is 1.81. The lowest BCUT2D eigenvalue weighted by molar-refractivity contribution is -0.144. The zero-order valence-electron chi connectivity index (χ0n) is 8.93. The highest BCUT2D eigenvalue weighted by Gasteiger charge is 2.71. The number of hydrogen-bond acceptors (Lipinski definition) is 1. The molecule has 2 bridgehead atoms. The lowest BCUT2D eigenvalue weighted by Crippen LogP contribution is -2.48. The van der Waals surface area contributed by atoms with Crippen LogP contribution in [0.2, 0.25) is 0 Å². The minimum atomic E-state index is -1.03. The molecular weight excluding hydrogens is 200 g/mol. The molecule has 0 saturated heterocycles. The van der Waals surface area contributed by atoms with Crippen molar-refractivity contribution in [2.75, 3.05) is 0 Å². The third-order valence-corrected chi connectivity index (χ3v) is 5.91. The zero-order valence-corrected chi connectivity index (χ0v) is 9.69. The molecule has 2 fully saturated rings. The van der Waals surface area contributed by atoms with Crippen molar-refractivity contribution in [3.05, 3.63) is 0 Å². The second kappa shape index (κ2) is 2.46. The number of carbonyl (C=O) groups is 1. The molecule has 0 amide bonds. The SMILES string of the molecule is CC1(C)C2CCC1(C)C(Cl)(C(=O)O)C2. The standard InChI is InChI=1S/C11H17ClO2/c1-9(2)7-4-5-10(9,3)11(12,6-7)8(13)14/h7H,4-6H2,1-3H3,(H,13,14). The molecule has 3 unspecified atom stereocenters. The molecule has 0 aliphatic heterocycles. The Morgan fingerprint density at radius 2 is 2.00 bits per heavy atom. The van der Waals surface area contributed by atoms with Gasteiger partial charge >= 0.3 is 5.97 Å². The van der Waals surface area contributed by atoms with Crippen LogP contribution in [0.3, 0.4) is 0 Å². The Balaban J connectivity index is 2.50. The molecule has 2 nitrogen and oxygen atoms in total. The van der Waals surface area contributed by atoms with E-state index in [4.69, 9.17) is 11.6 Å².